The number of ether oxygens (including phenoxy) is 1. The molecule has 0 radical (unpaired) electrons. The van der Waals surface area contributed by atoms with Gasteiger partial charge in [-0.2, -0.15) is 0 Å². The molecule has 2 saturated heterocycles. The molecule has 2 aromatic rings. The first-order valence-corrected chi connectivity index (χ1v) is 12.2. The van der Waals surface area contributed by atoms with Crippen LogP contribution in [0.5, 0.6) is 0 Å². The Balaban J connectivity index is 1.79. The van der Waals surface area contributed by atoms with Crippen LogP contribution in [0.1, 0.15) is 29.9 Å². The lowest BCUT2D eigenvalue weighted by Gasteiger charge is -2.40. The maximum atomic E-state index is 15.5. The first kappa shape index (κ1) is 24.4. The molecule has 0 aromatic heterocycles. The topological polar surface area (TPSA) is 105 Å². The van der Waals surface area contributed by atoms with Gasteiger partial charge in [-0.1, -0.05) is 41.4 Å². The average molecular weight is 524 g/mol. The summed E-state index contributed by atoms with van der Waals surface area (Å²) in [5.41, 5.74) is -0.845. The summed E-state index contributed by atoms with van der Waals surface area (Å²) in [6.07, 6.45) is 1.62. The zero-order valence-electron chi connectivity index (χ0n) is 18.6. The van der Waals surface area contributed by atoms with Gasteiger partial charge in [0.05, 0.1) is 24.2 Å². The van der Waals surface area contributed by atoms with Crippen molar-refractivity contribution in [1.82, 2.24) is 4.90 Å². The second-order valence-electron chi connectivity index (χ2n) is 9.29. The fourth-order valence-corrected chi connectivity index (χ4v) is 6.48. The molecular weight excluding hydrogens is 500 g/mol. The van der Waals surface area contributed by atoms with E-state index in [4.69, 9.17) is 27.9 Å². The molecule has 35 heavy (non-hydrogen) atoms. The van der Waals surface area contributed by atoms with Crippen molar-refractivity contribution in [2.45, 2.75) is 36.4 Å². The van der Waals surface area contributed by atoms with Crippen molar-refractivity contribution in [3.8, 4) is 0 Å². The lowest BCUT2D eigenvalue weighted by Crippen LogP contribution is -2.54. The minimum absolute atomic E-state index is 0.0193. The minimum atomic E-state index is -1.66. The maximum absolute atomic E-state index is 15.5. The molecule has 2 aromatic carbocycles. The van der Waals surface area contributed by atoms with E-state index >= 15 is 4.39 Å². The van der Waals surface area contributed by atoms with E-state index in [2.05, 4.69) is 5.32 Å². The van der Waals surface area contributed by atoms with Crippen LogP contribution >= 0.6 is 23.2 Å². The highest BCUT2D eigenvalue weighted by atomic mass is 35.5. The molecule has 5 rings (SSSR count). The zero-order chi connectivity index (χ0) is 24.9. The number of amides is 1. The fourth-order valence-electron chi connectivity index (χ4n) is 6.13. The molecule has 1 amide bonds. The number of halogens is 3. The number of aliphatic hydroxyl groups excluding tert-OH is 1. The summed E-state index contributed by atoms with van der Waals surface area (Å²) in [7, 11) is 0. The number of anilines is 1. The molecule has 1 spiro atoms. The summed E-state index contributed by atoms with van der Waals surface area (Å²) >= 11 is 12.3. The largest absolute Gasteiger partial charge is 0.394 e. The Hall–Kier alpha value is -2.30. The van der Waals surface area contributed by atoms with Crippen LogP contribution in [-0.4, -0.2) is 59.3 Å². The number of carbonyl (C=O) groups is 1. The molecule has 0 aliphatic carbocycles. The third-order valence-electron chi connectivity index (χ3n) is 7.48. The van der Waals surface area contributed by atoms with Crippen LogP contribution < -0.4 is 5.32 Å². The Morgan fingerprint density at radius 1 is 1.31 bits per heavy atom. The number of rotatable bonds is 5. The lowest BCUT2D eigenvalue weighted by molar-refractivity contribution is -0.528. The molecular formula is C24H24Cl2FN3O5. The molecule has 0 bridgehead atoms. The molecule has 5 atom stereocenters. The van der Waals surface area contributed by atoms with Crippen LogP contribution in [0.25, 0.3) is 0 Å². The fraction of sp³-hybridized carbons (Fsp3) is 0.458. The van der Waals surface area contributed by atoms with Crippen LogP contribution in [0.3, 0.4) is 0 Å². The van der Waals surface area contributed by atoms with Crippen LogP contribution in [0.4, 0.5) is 10.1 Å². The Morgan fingerprint density at radius 3 is 2.80 bits per heavy atom. The molecule has 2 N–H and O–H groups in total. The Labute approximate surface area is 211 Å². The molecule has 11 heteroatoms. The zero-order valence-corrected chi connectivity index (χ0v) is 20.1. The van der Waals surface area contributed by atoms with Gasteiger partial charge in [-0.05, 0) is 37.0 Å². The number of likely N-dealkylation sites (tertiary alicyclic amines) is 1. The summed E-state index contributed by atoms with van der Waals surface area (Å²) in [6, 6.07) is 6.57. The number of nitrogens with one attached hydrogen (secondary N) is 1. The summed E-state index contributed by atoms with van der Waals surface area (Å²) < 4.78 is 21.1. The van der Waals surface area contributed by atoms with E-state index in [1.807, 2.05) is 0 Å². The third-order valence-corrected chi connectivity index (χ3v) is 8.01. The molecule has 0 saturated carbocycles. The molecule has 8 nitrogen and oxygen atoms in total. The van der Waals surface area contributed by atoms with Crippen molar-refractivity contribution < 1.29 is 24.0 Å². The van der Waals surface area contributed by atoms with E-state index in [1.165, 1.54) is 18.2 Å². The van der Waals surface area contributed by atoms with Gasteiger partial charge < -0.3 is 15.2 Å². The predicted molar refractivity (Wildman–Crippen MR) is 128 cm³/mol. The summed E-state index contributed by atoms with van der Waals surface area (Å²) in [6.45, 7) is 0.722. The SMILES string of the molecule is O=C1Nc2cc(Cl)ccc2[C@@]12[C@@H](c1cccc(Cl)c1F)[C@H]([N+](=O)[O-])[C@H](CO)N2CC1CCCOC1. The minimum Gasteiger partial charge on any atom is -0.394 e. The van der Waals surface area contributed by atoms with Gasteiger partial charge >= 0.3 is 0 Å². The van der Waals surface area contributed by atoms with Gasteiger partial charge in [0.1, 0.15) is 17.4 Å². The number of aliphatic hydroxyl groups is 1. The van der Waals surface area contributed by atoms with E-state index in [9.17, 15) is 20.0 Å². The number of nitro groups is 1. The normalized spacial score (nSPS) is 30.5. The molecule has 3 aliphatic rings. The van der Waals surface area contributed by atoms with Gasteiger partial charge in [0, 0.05) is 39.9 Å². The van der Waals surface area contributed by atoms with Crippen molar-refractivity contribution >= 4 is 34.8 Å². The first-order chi connectivity index (χ1) is 16.8. The van der Waals surface area contributed by atoms with Gasteiger partial charge in [-0.25, -0.2) is 4.39 Å². The highest BCUT2D eigenvalue weighted by molar-refractivity contribution is 6.31. The van der Waals surface area contributed by atoms with Crippen LogP contribution in [0, 0.1) is 21.8 Å². The molecule has 186 valence electrons. The van der Waals surface area contributed by atoms with Crippen LogP contribution in [0.2, 0.25) is 10.0 Å². The van der Waals surface area contributed by atoms with Crippen LogP contribution in [-0.2, 0) is 15.1 Å². The van der Waals surface area contributed by atoms with Gasteiger partial charge in [-0.15, -0.1) is 0 Å². The highest BCUT2D eigenvalue weighted by Crippen LogP contribution is 2.58. The smallest absolute Gasteiger partial charge is 0.250 e. The summed E-state index contributed by atoms with van der Waals surface area (Å²) in [5.74, 6) is -2.63. The maximum Gasteiger partial charge on any atom is 0.250 e. The highest BCUT2D eigenvalue weighted by Gasteiger charge is 2.71. The number of benzene rings is 2. The molecule has 1 unspecified atom stereocenters. The van der Waals surface area contributed by atoms with Crippen molar-refractivity contribution in [3.63, 3.8) is 0 Å². The van der Waals surface area contributed by atoms with Gasteiger partial charge in [-0.3, -0.25) is 19.8 Å². The Kier molecular flexibility index (Phi) is 6.48. The third kappa shape index (κ3) is 3.72. The van der Waals surface area contributed by atoms with E-state index in [1.54, 1.807) is 23.1 Å². The number of hydrogen-bond acceptors (Lipinski definition) is 6. The van der Waals surface area contributed by atoms with Crippen molar-refractivity contribution in [1.29, 1.82) is 0 Å². The Morgan fingerprint density at radius 2 is 2.11 bits per heavy atom. The van der Waals surface area contributed by atoms with E-state index < -0.39 is 46.8 Å². The number of carbonyl (C=O) groups excluding carboxylic acids is 1. The van der Waals surface area contributed by atoms with Crippen molar-refractivity contribution in [3.05, 3.63) is 73.5 Å². The first-order valence-electron chi connectivity index (χ1n) is 11.4. The second-order valence-corrected chi connectivity index (χ2v) is 10.1. The summed E-state index contributed by atoms with van der Waals surface area (Å²) in [4.78, 5) is 27.7. The second kappa shape index (κ2) is 9.29. The standard InChI is InChI=1S/C24H24Cl2FN3O5/c25-14-6-7-16-18(9-14)28-23(32)24(16)20(15-4-1-5-17(26)21(15)27)22(30(33)34)19(11-31)29(24)10-13-3-2-8-35-12-13/h1,4-7,9,13,19-20,22,31H,2-3,8,10-12H2,(H,28,32)/t13?,19-,20-,22+,24+/m0/s1. The van der Waals surface area contributed by atoms with Gasteiger partial charge in [0.15, 0.2) is 0 Å². The number of fused-ring (bicyclic) bond motifs is 2. The quantitative estimate of drug-likeness (QED) is 0.456. The number of hydrogen-bond donors (Lipinski definition) is 2. The predicted octanol–water partition coefficient (Wildman–Crippen LogP) is 3.81. The van der Waals surface area contributed by atoms with Crippen molar-refractivity contribution in [2.75, 3.05) is 31.7 Å². The van der Waals surface area contributed by atoms with Crippen LogP contribution in [0.15, 0.2) is 36.4 Å². The van der Waals surface area contributed by atoms with Gasteiger partial charge in [0.2, 0.25) is 6.04 Å². The van der Waals surface area contributed by atoms with Crippen molar-refractivity contribution in [2.24, 2.45) is 5.92 Å². The molecule has 2 fully saturated rings. The number of nitrogens with zero attached hydrogens (tertiary/aromatic N) is 2. The lowest BCUT2D eigenvalue weighted by atomic mass is 9.73. The molecule has 3 heterocycles. The monoisotopic (exact) mass is 523 g/mol. The van der Waals surface area contributed by atoms with E-state index in [-0.39, 0.29) is 23.0 Å². The average Bonchev–Trinajstić information content (AvgIpc) is 3.28. The van der Waals surface area contributed by atoms with Gasteiger partial charge in [0.25, 0.3) is 5.91 Å². The Bertz CT molecular complexity index is 1180. The van der Waals surface area contributed by atoms with E-state index in [0.29, 0.717) is 29.5 Å². The van der Waals surface area contributed by atoms with E-state index in [0.717, 1.165) is 12.8 Å². The summed E-state index contributed by atoms with van der Waals surface area (Å²) in [5, 5.41) is 26.0. The molecule has 3 aliphatic heterocycles.